The Balaban J connectivity index is 1.99. The van der Waals surface area contributed by atoms with Crippen LogP contribution in [0.15, 0.2) is 12.5 Å². The Morgan fingerprint density at radius 1 is 1.44 bits per heavy atom. The van der Waals surface area contributed by atoms with Crippen molar-refractivity contribution >= 4 is 11.8 Å². The van der Waals surface area contributed by atoms with Gasteiger partial charge in [0.2, 0.25) is 0 Å². The standard InChI is InChI=1S/C14H25N3S/c1-13(2,3)16-9-12-8-15-11-17(12)10-14(18-4)6-5-7-14/h8,11,16H,5-7,9-10H2,1-4H3. The molecule has 0 radical (unpaired) electrons. The average Bonchev–Trinajstić information content (AvgIpc) is 2.67. The second kappa shape index (κ2) is 5.25. The molecule has 2 rings (SSSR count). The van der Waals surface area contributed by atoms with Crippen molar-refractivity contribution in [2.24, 2.45) is 0 Å². The van der Waals surface area contributed by atoms with Gasteiger partial charge in [-0.1, -0.05) is 6.42 Å². The fraction of sp³-hybridized carbons (Fsp3) is 0.786. The van der Waals surface area contributed by atoms with E-state index in [1.807, 2.05) is 24.3 Å². The fourth-order valence-corrected chi connectivity index (χ4v) is 3.27. The normalized spacial score (nSPS) is 18.7. The van der Waals surface area contributed by atoms with Gasteiger partial charge in [0, 0.05) is 29.6 Å². The highest BCUT2D eigenvalue weighted by Gasteiger charge is 2.36. The van der Waals surface area contributed by atoms with E-state index in [4.69, 9.17) is 0 Å². The van der Waals surface area contributed by atoms with Gasteiger partial charge in [-0.3, -0.25) is 0 Å². The number of hydrogen-bond acceptors (Lipinski definition) is 3. The van der Waals surface area contributed by atoms with Crippen LogP contribution in [-0.2, 0) is 13.1 Å². The van der Waals surface area contributed by atoms with Crippen LogP contribution in [0.4, 0.5) is 0 Å². The summed E-state index contributed by atoms with van der Waals surface area (Å²) in [5.41, 5.74) is 1.45. The van der Waals surface area contributed by atoms with Crippen molar-refractivity contribution in [3.63, 3.8) is 0 Å². The Bertz CT molecular complexity index is 382. The van der Waals surface area contributed by atoms with Crippen LogP contribution in [-0.4, -0.2) is 26.1 Å². The van der Waals surface area contributed by atoms with Crippen molar-refractivity contribution in [3.05, 3.63) is 18.2 Å². The zero-order valence-electron chi connectivity index (χ0n) is 12.0. The highest BCUT2D eigenvalue weighted by molar-refractivity contribution is 8.00. The van der Waals surface area contributed by atoms with Crippen LogP contribution in [0.1, 0.15) is 45.7 Å². The second-order valence-electron chi connectivity index (χ2n) is 6.36. The lowest BCUT2D eigenvalue weighted by Crippen LogP contribution is -2.39. The Morgan fingerprint density at radius 2 is 2.17 bits per heavy atom. The van der Waals surface area contributed by atoms with E-state index >= 15 is 0 Å². The van der Waals surface area contributed by atoms with Gasteiger partial charge in [0.1, 0.15) is 0 Å². The van der Waals surface area contributed by atoms with Crippen molar-refractivity contribution < 1.29 is 0 Å². The molecular weight excluding hydrogens is 242 g/mol. The molecule has 1 aliphatic carbocycles. The van der Waals surface area contributed by atoms with Crippen molar-refractivity contribution in [1.29, 1.82) is 0 Å². The quantitative estimate of drug-likeness (QED) is 0.889. The van der Waals surface area contributed by atoms with Crippen LogP contribution in [0, 0.1) is 0 Å². The molecule has 1 aromatic heterocycles. The summed E-state index contributed by atoms with van der Waals surface area (Å²) in [6.45, 7) is 8.60. The van der Waals surface area contributed by atoms with Crippen molar-refractivity contribution in [2.75, 3.05) is 6.26 Å². The summed E-state index contributed by atoms with van der Waals surface area (Å²) in [6.07, 6.45) is 10.3. The minimum absolute atomic E-state index is 0.156. The van der Waals surface area contributed by atoms with E-state index in [-0.39, 0.29) is 5.54 Å². The van der Waals surface area contributed by atoms with Crippen LogP contribution < -0.4 is 5.32 Å². The molecule has 1 N–H and O–H groups in total. The first-order valence-corrected chi connectivity index (χ1v) is 7.96. The zero-order chi connectivity index (χ0) is 13.2. The summed E-state index contributed by atoms with van der Waals surface area (Å²) in [4.78, 5) is 4.31. The predicted octanol–water partition coefficient (Wildman–Crippen LogP) is 3.06. The molecule has 1 heterocycles. The number of imidazole rings is 1. The third-order valence-corrected chi connectivity index (χ3v) is 5.16. The zero-order valence-corrected chi connectivity index (χ0v) is 12.8. The molecule has 18 heavy (non-hydrogen) atoms. The van der Waals surface area contributed by atoms with Crippen LogP contribution >= 0.6 is 11.8 Å². The van der Waals surface area contributed by atoms with Crippen LogP contribution in [0.25, 0.3) is 0 Å². The first-order valence-electron chi connectivity index (χ1n) is 6.73. The SMILES string of the molecule is CSC1(Cn2cncc2CNC(C)(C)C)CCC1. The molecule has 3 nitrogen and oxygen atoms in total. The average molecular weight is 267 g/mol. The number of nitrogens with one attached hydrogen (secondary N) is 1. The Morgan fingerprint density at radius 3 is 2.67 bits per heavy atom. The summed E-state index contributed by atoms with van der Waals surface area (Å²) in [5.74, 6) is 0. The van der Waals surface area contributed by atoms with Crippen LogP contribution in [0.3, 0.4) is 0 Å². The minimum atomic E-state index is 0.156. The van der Waals surface area contributed by atoms with E-state index in [2.05, 4.69) is 41.9 Å². The fourth-order valence-electron chi connectivity index (χ4n) is 2.30. The molecule has 0 bridgehead atoms. The van der Waals surface area contributed by atoms with E-state index in [1.165, 1.54) is 25.0 Å². The van der Waals surface area contributed by atoms with Crippen molar-refractivity contribution in [3.8, 4) is 0 Å². The molecular formula is C14H25N3S. The second-order valence-corrected chi connectivity index (χ2v) is 7.63. The lowest BCUT2D eigenvalue weighted by molar-refractivity contribution is 0.315. The van der Waals surface area contributed by atoms with Crippen molar-refractivity contribution in [2.45, 2.75) is 63.4 Å². The smallest absolute Gasteiger partial charge is 0.0949 e. The molecule has 102 valence electrons. The van der Waals surface area contributed by atoms with Crippen LogP contribution in [0.5, 0.6) is 0 Å². The van der Waals surface area contributed by atoms with Gasteiger partial charge in [0.25, 0.3) is 0 Å². The number of aromatic nitrogens is 2. The molecule has 0 spiro atoms. The Labute approximate surface area is 115 Å². The van der Waals surface area contributed by atoms with Gasteiger partial charge in [0.05, 0.1) is 12.0 Å². The summed E-state index contributed by atoms with van der Waals surface area (Å²) < 4.78 is 2.80. The third kappa shape index (κ3) is 3.29. The molecule has 1 aliphatic rings. The Hall–Kier alpha value is -0.480. The first kappa shape index (κ1) is 13.9. The van der Waals surface area contributed by atoms with Crippen molar-refractivity contribution in [1.82, 2.24) is 14.9 Å². The van der Waals surface area contributed by atoms with Gasteiger partial charge in [0.15, 0.2) is 0 Å². The molecule has 0 saturated heterocycles. The Kier molecular flexibility index (Phi) is 4.07. The summed E-state index contributed by atoms with van der Waals surface area (Å²) in [7, 11) is 0. The van der Waals surface area contributed by atoms with E-state index in [9.17, 15) is 0 Å². The van der Waals surface area contributed by atoms with E-state index in [0.717, 1.165) is 13.1 Å². The van der Waals surface area contributed by atoms with Gasteiger partial charge in [-0.25, -0.2) is 4.98 Å². The van der Waals surface area contributed by atoms with Gasteiger partial charge in [-0.2, -0.15) is 11.8 Å². The molecule has 1 saturated carbocycles. The van der Waals surface area contributed by atoms with Gasteiger partial charge in [-0.15, -0.1) is 0 Å². The molecule has 0 aliphatic heterocycles. The molecule has 0 aromatic carbocycles. The molecule has 4 heteroatoms. The van der Waals surface area contributed by atoms with E-state index < -0.39 is 0 Å². The summed E-state index contributed by atoms with van der Waals surface area (Å²) in [5, 5.41) is 3.54. The minimum Gasteiger partial charge on any atom is -0.332 e. The summed E-state index contributed by atoms with van der Waals surface area (Å²) in [6, 6.07) is 0. The monoisotopic (exact) mass is 267 g/mol. The molecule has 0 unspecified atom stereocenters. The highest BCUT2D eigenvalue weighted by atomic mass is 32.2. The third-order valence-electron chi connectivity index (χ3n) is 3.75. The molecule has 0 atom stereocenters. The summed E-state index contributed by atoms with van der Waals surface area (Å²) >= 11 is 2.02. The number of thioether (sulfide) groups is 1. The maximum Gasteiger partial charge on any atom is 0.0949 e. The van der Waals surface area contributed by atoms with E-state index in [1.54, 1.807) is 0 Å². The van der Waals surface area contributed by atoms with Crippen LogP contribution in [0.2, 0.25) is 0 Å². The molecule has 1 fully saturated rings. The van der Waals surface area contributed by atoms with E-state index in [0.29, 0.717) is 4.75 Å². The first-order chi connectivity index (χ1) is 8.44. The number of nitrogens with zero attached hydrogens (tertiary/aromatic N) is 2. The molecule has 0 amide bonds. The topological polar surface area (TPSA) is 29.9 Å². The van der Waals surface area contributed by atoms with Gasteiger partial charge in [-0.05, 0) is 39.9 Å². The van der Waals surface area contributed by atoms with Gasteiger partial charge >= 0.3 is 0 Å². The maximum atomic E-state index is 4.31. The number of hydrogen-bond donors (Lipinski definition) is 1. The lowest BCUT2D eigenvalue weighted by Gasteiger charge is -2.41. The number of rotatable bonds is 5. The van der Waals surface area contributed by atoms with Gasteiger partial charge < -0.3 is 9.88 Å². The largest absolute Gasteiger partial charge is 0.332 e. The predicted molar refractivity (Wildman–Crippen MR) is 78.9 cm³/mol. The molecule has 1 aromatic rings. The lowest BCUT2D eigenvalue weighted by atomic mass is 9.84. The maximum absolute atomic E-state index is 4.31. The highest BCUT2D eigenvalue weighted by Crippen LogP contribution is 2.44.